The predicted octanol–water partition coefficient (Wildman–Crippen LogP) is 4.08. The number of carbonyl (C=O) groups excluding carboxylic acids is 1. The van der Waals surface area contributed by atoms with Crippen LogP contribution in [0.2, 0.25) is 0 Å². The lowest BCUT2D eigenvalue weighted by Crippen LogP contribution is -2.52. The molecule has 1 aromatic carbocycles. The second-order valence-electron chi connectivity index (χ2n) is 8.78. The molecule has 0 N–H and O–H groups in total. The largest absolute Gasteiger partial charge is 0.378 e. The summed E-state index contributed by atoms with van der Waals surface area (Å²) in [6, 6.07) is 14.1. The highest BCUT2D eigenvalue weighted by Crippen LogP contribution is 2.44. The third-order valence-corrected chi connectivity index (χ3v) is 6.45. The second kappa shape index (κ2) is 9.37. The van der Waals surface area contributed by atoms with Gasteiger partial charge in [0.25, 0.3) is 5.91 Å². The lowest BCUT2D eigenvalue weighted by atomic mass is 9.80. The van der Waals surface area contributed by atoms with Crippen LogP contribution in [0.3, 0.4) is 0 Å². The third kappa shape index (κ3) is 4.75. The quantitative estimate of drug-likeness (QED) is 0.725. The monoisotopic (exact) mass is 423 g/mol. The summed E-state index contributed by atoms with van der Waals surface area (Å²) in [4.78, 5) is 21.5. The summed E-state index contributed by atoms with van der Waals surface area (Å²) in [5.74, 6) is 0.755. The maximum Gasteiger partial charge on any atom is 0.257 e. The maximum atomic E-state index is 13.2. The Kier molecular flexibility index (Phi) is 6.58. The molecule has 2 aromatic rings. The molecule has 6 heteroatoms. The number of ether oxygens (including phenoxy) is 2. The molecule has 0 radical (unpaired) electrons. The minimum Gasteiger partial charge on any atom is -0.378 e. The molecule has 4 rings (SSSR count). The van der Waals surface area contributed by atoms with E-state index in [4.69, 9.17) is 9.47 Å². The van der Waals surface area contributed by atoms with Crippen molar-refractivity contribution in [2.75, 3.05) is 38.7 Å². The molecular formula is C25H33N3O3. The molecule has 0 aliphatic carbocycles. The van der Waals surface area contributed by atoms with Gasteiger partial charge in [0.05, 0.1) is 23.4 Å². The molecule has 2 atom stereocenters. The number of rotatable bonds is 5. The van der Waals surface area contributed by atoms with Gasteiger partial charge in [0, 0.05) is 52.8 Å². The molecule has 0 saturated carbocycles. The van der Waals surface area contributed by atoms with Crippen LogP contribution in [0.5, 0.6) is 0 Å². The van der Waals surface area contributed by atoms with Gasteiger partial charge in [0.15, 0.2) is 0 Å². The second-order valence-corrected chi connectivity index (χ2v) is 8.78. The van der Waals surface area contributed by atoms with Crippen molar-refractivity contribution >= 4 is 11.7 Å². The summed E-state index contributed by atoms with van der Waals surface area (Å²) < 4.78 is 12.8. The first kappa shape index (κ1) is 21.8. The van der Waals surface area contributed by atoms with E-state index in [1.54, 1.807) is 6.20 Å². The van der Waals surface area contributed by atoms with Crippen molar-refractivity contribution in [3.05, 3.63) is 59.8 Å². The van der Waals surface area contributed by atoms with Crippen molar-refractivity contribution < 1.29 is 14.3 Å². The van der Waals surface area contributed by atoms with Crippen LogP contribution in [-0.4, -0.2) is 61.3 Å². The molecule has 166 valence electrons. The van der Waals surface area contributed by atoms with Gasteiger partial charge in [-0.15, -0.1) is 0 Å². The number of pyridine rings is 1. The summed E-state index contributed by atoms with van der Waals surface area (Å²) in [6.07, 6.45) is 5.36. The summed E-state index contributed by atoms with van der Waals surface area (Å²) in [7, 11) is 3.83. The van der Waals surface area contributed by atoms with Crippen molar-refractivity contribution in [1.29, 1.82) is 0 Å². The molecule has 2 aliphatic heterocycles. The number of hydrogen-bond acceptors (Lipinski definition) is 5. The first-order valence-electron chi connectivity index (χ1n) is 11.3. The van der Waals surface area contributed by atoms with Crippen LogP contribution in [0, 0.1) is 0 Å². The Morgan fingerprint density at radius 1 is 1.19 bits per heavy atom. The molecule has 3 heterocycles. The van der Waals surface area contributed by atoms with Gasteiger partial charge in [-0.1, -0.05) is 30.3 Å². The fraction of sp³-hybridized carbons (Fsp3) is 0.520. The Labute approximate surface area is 185 Å². The number of aromatic nitrogens is 1. The van der Waals surface area contributed by atoms with Gasteiger partial charge < -0.3 is 19.3 Å². The van der Waals surface area contributed by atoms with Crippen molar-refractivity contribution in [1.82, 2.24) is 9.88 Å². The number of piperidine rings is 1. The molecular weight excluding hydrogens is 390 g/mol. The van der Waals surface area contributed by atoms with E-state index in [0.29, 0.717) is 31.1 Å². The van der Waals surface area contributed by atoms with E-state index >= 15 is 0 Å². The van der Waals surface area contributed by atoms with Crippen molar-refractivity contribution in [3.8, 4) is 0 Å². The van der Waals surface area contributed by atoms with Gasteiger partial charge in [-0.05, 0) is 37.5 Å². The minimum absolute atomic E-state index is 0.0346. The lowest BCUT2D eigenvalue weighted by molar-refractivity contribution is -0.190. The number of carbonyl (C=O) groups is 1. The smallest absolute Gasteiger partial charge is 0.257 e. The standard InChI is InChI=1S/C25H33N3O3/c1-4-30-20-17-22(19-9-6-5-7-10-19)31-25(18-20)12-15-28(16-13-25)24(29)21-11-8-14-26-23(21)27(2)3/h5-11,14,20,22H,4,12-13,15-18H2,1-3H3. The van der Waals surface area contributed by atoms with Crippen LogP contribution >= 0.6 is 0 Å². The Morgan fingerprint density at radius 2 is 1.94 bits per heavy atom. The highest BCUT2D eigenvalue weighted by Gasteiger charge is 2.45. The zero-order chi connectivity index (χ0) is 21.8. The van der Waals surface area contributed by atoms with Gasteiger partial charge in [-0.25, -0.2) is 4.98 Å². The Balaban J connectivity index is 1.48. The van der Waals surface area contributed by atoms with Gasteiger partial charge in [0.2, 0.25) is 0 Å². The normalized spacial score (nSPS) is 23.0. The summed E-state index contributed by atoms with van der Waals surface area (Å²) in [5, 5.41) is 0. The predicted molar refractivity (Wildman–Crippen MR) is 121 cm³/mol. The van der Waals surface area contributed by atoms with Gasteiger partial charge in [-0.3, -0.25) is 4.79 Å². The zero-order valence-electron chi connectivity index (χ0n) is 18.8. The number of anilines is 1. The Morgan fingerprint density at radius 3 is 2.61 bits per heavy atom. The highest BCUT2D eigenvalue weighted by molar-refractivity contribution is 5.98. The third-order valence-electron chi connectivity index (χ3n) is 6.45. The molecule has 31 heavy (non-hydrogen) atoms. The first-order chi connectivity index (χ1) is 15.0. The molecule has 2 fully saturated rings. The minimum atomic E-state index is -0.241. The topological polar surface area (TPSA) is 54.9 Å². The van der Waals surface area contributed by atoms with Crippen molar-refractivity contribution in [3.63, 3.8) is 0 Å². The molecule has 1 amide bonds. The zero-order valence-corrected chi connectivity index (χ0v) is 18.8. The summed E-state index contributed by atoms with van der Waals surface area (Å²) in [6.45, 7) is 4.13. The van der Waals surface area contributed by atoms with Crippen LogP contribution in [0.25, 0.3) is 0 Å². The molecule has 2 unspecified atom stereocenters. The van der Waals surface area contributed by atoms with E-state index in [9.17, 15) is 4.79 Å². The van der Waals surface area contributed by atoms with Crippen molar-refractivity contribution in [2.24, 2.45) is 0 Å². The molecule has 6 nitrogen and oxygen atoms in total. The van der Waals surface area contributed by atoms with E-state index in [2.05, 4.69) is 36.2 Å². The maximum absolute atomic E-state index is 13.2. The van der Waals surface area contributed by atoms with E-state index < -0.39 is 0 Å². The number of amides is 1. The fourth-order valence-electron chi connectivity index (χ4n) is 4.90. The van der Waals surface area contributed by atoms with Crippen LogP contribution in [0.15, 0.2) is 48.7 Å². The van der Waals surface area contributed by atoms with Crippen LogP contribution in [0.1, 0.15) is 54.6 Å². The number of nitrogens with zero attached hydrogens (tertiary/aromatic N) is 3. The molecule has 2 aliphatic rings. The van der Waals surface area contributed by atoms with Gasteiger partial charge in [0.1, 0.15) is 5.82 Å². The summed E-state index contributed by atoms with van der Waals surface area (Å²) >= 11 is 0. The number of likely N-dealkylation sites (tertiary alicyclic amines) is 1. The Bertz CT molecular complexity index is 879. The Hall–Kier alpha value is -2.44. The average Bonchev–Trinajstić information content (AvgIpc) is 2.80. The lowest BCUT2D eigenvalue weighted by Gasteiger charge is -2.49. The average molecular weight is 424 g/mol. The van der Waals surface area contributed by atoms with E-state index in [1.165, 1.54) is 5.56 Å². The highest BCUT2D eigenvalue weighted by atomic mass is 16.5. The SMILES string of the molecule is CCOC1CC(c2ccccc2)OC2(CCN(C(=O)c3cccnc3N(C)C)CC2)C1. The van der Waals surface area contributed by atoms with Crippen molar-refractivity contribution in [2.45, 2.75) is 50.4 Å². The van der Waals surface area contributed by atoms with Crippen LogP contribution in [0.4, 0.5) is 5.82 Å². The van der Waals surface area contributed by atoms with E-state index in [0.717, 1.165) is 25.7 Å². The molecule has 2 saturated heterocycles. The fourth-order valence-corrected chi connectivity index (χ4v) is 4.90. The summed E-state index contributed by atoms with van der Waals surface area (Å²) in [5.41, 5.74) is 1.62. The van der Waals surface area contributed by atoms with Crippen LogP contribution < -0.4 is 4.90 Å². The molecule has 0 bridgehead atoms. The van der Waals surface area contributed by atoms with Crippen LogP contribution in [-0.2, 0) is 9.47 Å². The molecule has 1 aromatic heterocycles. The van der Waals surface area contributed by atoms with Gasteiger partial charge >= 0.3 is 0 Å². The first-order valence-corrected chi connectivity index (χ1v) is 11.3. The molecule has 1 spiro atoms. The van der Waals surface area contributed by atoms with E-state index in [1.807, 2.05) is 42.1 Å². The van der Waals surface area contributed by atoms with Gasteiger partial charge in [-0.2, -0.15) is 0 Å². The van der Waals surface area contributed by atoms with E-state index in [-0.39, 0.29) is 23.7 Å². The number of benzene rings is 1. The number of hydrogen-bond donors (Lipinski definition) is 0.